The van der Waals surface area contributed by atoms with Gasteiger partial charge in [0.1, 0.15) is 0 Å². The van der Waals surface area contributed by atoms with E-state index in [2.05, 4.69) is 27.8 Å². The molecule has 2 N–H and O–H groups in total. The molecule has 0 fully saturated rings. The summed E-state index contributed by atoms with van der Waals surface area (Å²) in [5.74, 6) is 2.29. The Morgan fingerprint density at radius 3 is 2.62 bits per heavy atom. The molecule has 0 heterocycles. The summed E-state index contributed by atoms with van der Waals surface area (Å²) in [5, 5.41) is 6.72. The van der Waals surface area contributed by atoms with Gasteiger partial charge < -0.3 is 20.1 Å². The first-order chi connectivity index (χ1) is 10.3. The van der Waals surface area contributed by atoms with Crippen molar-refractivity contribution in [1.29, 1.82) is 0 Å². The van der Waals surface area contributed by atoms with E-state index < -0.39 is 0 Å². The molecule has 0 atom stereocenters. The lowest BCUT2D eigenvalue weighted by Crippen LogP contribution is -2.42. The number of nitrogens with one attached hydrogen (secondary N) is 2. The van der Waals surface area contributed by atoms with Gasteiger partial charge in [-0.15, -0.1) is 0 Å². The Morgan fingerprint density at radius 1 is 1.24 bits per heavy atom. The number of para-hydroxylation sites is 1. The summed E-state index contributed by atoms with van der Waals surface area (Å²) in [6.07, 6.45) is 6.47. The molecular weight excluding hydrogens is 266 g/mol. The number of benzene rings is 1. The maximum Gasteiger partial charge on any atom is 0.191 e. The van der Waals surface area contributed by atoms with Crippen molar-refractivity contribution < 1.29 is 9.47 Å². The van der Waals surface area contributed by atoms with Crippen molar-refractivity contribution in [2.24, 2.45) is 4.99 Å². The number of hydrogen-bond donors (Lipinski definition) is 2. The van der Waals surface area contributed by atoms with Gasteiger partial charge in [-0.25, -0.2) is 0 Å². The Hall–Kier alpha value is -2.17. The molecule has 114 valence electrons. The van der Waals surface area contributed by atoms with Crippen molar-refractivity contribution in [3.63, 3.8) is 0 Å². The molecule has 0 aliphatic heterocycles. The molecule has 1 aliphatic carbocycles. The molecule has 0 spiro atoms. The molecular formula is C16H23N3O2. The SMILES string of the molecule is CN=C(NCc1cccc(OC)c1OC)NC1CC=CC1. The molecule has 0 radical (unpaired) electrons. The van der Waals surface area contributed by atoms with E-state index in [4.69, 9.17) is 9.47 Å². The highest BCUT2D eigenvalue weighted by molar-refractivity contribution is 5.80. The first-order valence-corrected chi connectivity index (χ1v) is 7.10. The molecule has 21 heavy (non-hydrogen) atoms. The van der Waals surface area contributed by atoms with E-state index in [9.17, 15) is 0 Å². The lowest BCUT2D eigenvalue weighted by atomic mass is 10.2. The third-order valence-corrected chi connectivity index (χ3v) is 3.50. The second kappa shape index (κ2) is 7.57. The minimum Gasteiger partial charge on any atom is -0.493 e. The van der Waals surface area contributed by atoms with Crippen LogP contribution in [0.2, 0.25) is 0 Å². The average molecular weight is 289 g/mol. The summed E-state index contributed by atoms with van der Waals surface area (Å²) in [6.45, 7) is 0.625. The molecule has 1 aliphatic rings. The van der Waals surface area contributed by atoms with E-state index in [1.54, 1.807) is 21.3 Å². The van der Waals surface area contributed by atoms with Crippen LogP contribution in [0.5, 0.6) is 11.5 Å². The molecule has 0 bridgehead atoms. The highest BCUT2D eigenvalue weighted by atomic mass is 16.5. The predicted octanol–water partition coefficient (Wildman–Crippen LogP) is 2.09. The van der Waals surface area contributed by atoms with Gasteiger partial charge in [0, 0.05) is 25.2 Å². The number of nitrogens with zero attached hydrogens (tertiary/aromatic N) is 1. The second-order valence-corrected chi connectivity index (χ2v) is 4.86. The van der Waals surface area contributed by atoms with Crippen LogP contribution in [0.1, 0.15) is 18.4 Å². The first kappa shape index (κ1) is 15.2. The Labute approximate surface area is 126 Å². The summed E-state index contributed by atoms with van der Waals surface area (Å²) >= 11 is 0. The molecule has 1 aromatic rings. The number of methoxy groups -OCH3 is 2. The van der Waals surface area contributed by atoms with Crippen LogP contribution < -0.4 is 20.1 Å². The fraction of sp³-hybridized carbons (Fsp3) is 0.438. The zero-order valence-corrected chi connectivity index (χ0v) is 12.8. The zero-order chi connectivity index (χ0) is 15.1. The van der Waals surface area contributed by atoms with E-state index in [-0.39, 0.29) is 0 Å². The molecule has 5 heteroatoms. The monoisotopic (exact) mass is 289 g/mol. The third-order valence-electron chi connectivity index (χ3n) is 3.50. The number of hydrogen-bond acceptors (Lipinski definition) is 3. The number of rotatable bonds is 5. The highest BCUT2D eigenvalue weighted by Gasteiger charge is 2.13. The van der Waals surface area contributed by atoms with Crippen LogP contribution in [0.4, 0.5) is 0 Å². The van der Waals surface area contributed by atoms with Gasteiger partial charge in [-0.05, 0) is 18.9 Å². The number of guanidine groups is 1. The van der Waals surface area contributed by atoms with Gasteiger partial charge in [0.25, 0.3) is 0 Å². The van der Waals surface area contributed by atoms with E-state index in [1.807, 2.05) is 18.2 Å². The van der Waals surface area contributed by atoms with E-state index >= 15 is 0 Å². The van der Waals surface area contributed by atoms with Gasteiger partial charge in [0.15, 0.2) is 17.5 Å². The van der Waals surface area contributed by atoms with Crippen LogP contribution in [0.25, 0.3) is 0 Å². The molecule has 2 rings (SSSR count). The second-order valence-electron chi connectivity index (χ2n) is 4.86. The van der Waals surface area contributed by atoms with Crippen molar-refractivity contribution in [3.8, 4) is 11.5 Å². The summed E-state index contributed by atoms with van der Waals surface area (Å²) in [6, 6.07) is 6.29. The summed E-state index contributed by atoms with van der Waals surface area (Å²) in [7, 11) is 5.07. The minimum absolute atomic E-state index is 0.434. The normalized spacial score (nSPS) is 15.1. The van der Waals surface area contributed by atoms with E-state index in [0.29, 0.717) is 12.6 Å². The molecule has 1 aromatic carbocycles. The topological polar surface area (TPSA) is 54.9 Å². The minimum atomic E-state index is 0.434. The van der Waals surface area contributed by atoms with Crippen molar-refractivity contribution in [2.45, 2.75) is 25.4 Å². The van der Waals surface area contributed by atoms with Crippen molar-refractivity contribution >= 4 is 5.96 Å². The quantitative estimate of drug-likeness (QED) is 0.495. The van der Waals surface area contributed by atoms with E-state index in [1.165, 1.54) is 0 Å². The van der Waals surface area contributed by atoms with Crippen LogP contribution in [0, 0.1) is 0 Å². The zero-order valence-electron chi connectivity index (χ0n) is 12.8. The highest BCUT2D eigenvalue weighted by Crippen LogP contribution is 2.30. The van der Waals surface area contributed by atoms with Gasteiger partial charge in [-0.3, -0.25) is 4.99 Å². The maximum absolute atomic E-state index is 5.43. The lowest BCUT2D eigenvalue weighted by molar-refractivity contribution is 0.351. The Balaban J connectivity index is 1.98. The maximum atomic E-state index is 5.43. The van der Waals surface area contributed by atoms with Crippen LogP contribution in [-0.2, 0) is 6.54 Å². The predicted molar refractivity (Wildman–Crippen MR) is 85.0 cm³/mol. The van der Waals surface area contributed by atoms with Crippen LogP contribution >= 0.6 is 0 Å². The van der Waals surface area contributed by atoms with Crippen LogP contribution in [0.3, 0.4) is 0 Å². The summed E-state index contributed by atoms with van der Waals surface area (Å²) in [5.41, 5.74) is 1.03. The van der Waals surface area contributed by atoms with E-state index in [0.717, 1.165) is 35.9 Å². The molecule has 5 nitrogen and oxygen atoms in total. The Morgan fingerprint density at radius 2 is 2.00 bits per heavy atom. The Bertz CT molecular complexity index is 518. The summed E-state index contributed by atoms with van der Waals surface area (Å²) in [4.78, 5) is 4.26. The van der Waals surface area contributed by atoms with Crippen molar-refractivity contribution in [1.82, 2.24) is 10.6 Å². The average Bonchev–Trinajstić information content (AvgIpc) is 3.03. The van der Waals surface area contributed by atoms with Gasteiger partial charge in [0.2, 0.25) is 0 Å². The van der Waals surface area contributed by atoms with Gasteiger partial charge in [-0.1, -0.05) is 24.3 Å². The number of aliphatic imine (C=N–C) groups is 1. The summed E-state index contributed by atoms with van der Waals surface area (Å²) < 4.78 is 10.7. The van der Waals surface area contributed by atoms with Gasteiger partial charge in [0.05, 0.1) is 14.2 Å². The molecule has 0 aromatic heterocycles. The fourth-order valence-corrected chi connectivity index (χ4v) is 2.39. The fourth-order valence-electron chi connectivity index (χ4n) is 2.39. The third kappa shape index (κ3) is 3.90. The van der Waals surface area contributed by atoms with Gasteiger partial charge in [-0.2, -0.15) is 0 Å². The van der Waals surface area contributed by atoms with Crippen LogP contribution in [0.15, 0.2) is 35.3 Å². The molecule has 0 saturated carbocycles. The smallest absolute Gasteiger partial charge is 0.191 e. The van der Waals surface area contributed by atoms with Crippen molar-refractivity contribution in [2.75, 3.05) is 21.3 Å². The van der Waals surface area contributed by atoms with Gasteiger partial charge >= 0.3 is 0 Å². The van der Waals surface area contributed by atoms with Crippen LogP contribution in [-0.4, -0.2) is 33.3 Å². The largest absolute Gasteiger partial charge is 0.493 e. The standard InChI is InChI=1S/C16H23N3O2/c1-17-16(19-13-8-4-5-9-13)18-11-12-7-6-10-14(20-2)15(12)21-3/h4-7,10,13H,8-9,11H2,1-3H3,(H2,17,18,19). The molecule has 0 amide bonds. The Kier molecular flexibility index (Phi) is 5.49. The molecule has 0 unspecified atom stereocenters. The van der Waals surface area contributed by atoms with Crippen molar-refractivity contribution in [3.05, 3.63) is 35.9 Å². The number of ether oxygens (including phenoxy) is 2. The molecule has 0 saturated heterocycles. The first-order valence-electron chi connectivity index (χ1n) is 7.10. The lowest BCUT2D eigenvalue weighted by Gasteiger charge is -2.18.